The Morgan fingerprint density at radius 2 is 2.11 bits per heavy atom. The van der Waals surface area contributed by atoms with E-state index in [-0.39, 0.29) is 16.9 Å². The maximum atomic E-state index is 11.7. The Balaban J connectivity index is 3.13. The highest BCUT2D eigenvalue weighted by atomic mass is 35.5. The standard InChI is InChI=1S/C13H17ClN2O2S/c1-7(2)11(13(17)18-3)16-9-6-4-5-8(14)10(9)12(15)19/h4-7,11,16H,1-3H3,(H2,15,19). The summed E-state index contributed by atoms with van der Waals surface area (Å²) in [6, 6.07) is 4.75. The van der Waals surface area contributed by atoms with Gasteiger partial charge in [0.2, 0.25) is 0 Å². The van der Waals surface area contributed by atoms with Crippen LogP contribution in [0.5, 0.6) is 0 Å². The van der Waals surface area contributed by atoms with Gasteiger partial charge < -0.3 is 15.8 Å². The second-order valence-corrected chi connectivity index (χ2v) is 5.26. The Kier molecular flexibility index (Phi) is 5.57. The molecule has 19 heavy (non-hydrogen) atoms. The van der Waals surface area contributed by atoms with Crippen molar-refractivity contribution in [1.29, 1.82) is 0 Å². The first kappa shape index (κ1) is 15.7. The minimum atomic E-state index is -0.489. The Bertz CT molecular complexity index is 492. The largest absolute Gasteiger partial charge is 0.467 e. The smallest absolute Gasteiger partial charge is 0.328 e. The van der Waals surface area contributed by atoms with Crippen molar-refractivity contribution in [2.75, 3.05) is 12.4 Å². The Morgan fingerprint density at radius 3 is 2.58 bits per heavy atom. The van der Waals surface area contributed by atoms with Gasteiger partial charge in [0.15, 0.2) is 0 Å². The van der Waals surface area contributed by atoms with Crippen LogP contribution in [-0.2, 0) is 9.53 Å². The van der Waals surface area contributed by atoms with E-state index < -0.39 is 6.04 Å². The summed E-state index contributed by atoms with van der Waals surface area (Å²) in [5.41, 5.74) is 6.83. The number of hydrogen-bond donors (Lipinski definition) is 2. The first-order valence-electron chi connectivity index (χ1n) is 5.81. The summed E-state index contributed by atoms with van der Waals surface area (Å²) < 4.78 is 4.78. The Labute approximate surface area is 123 Å². The number of benzene rings is 1. The minimum absolute atomic E-state index is 0.0469. The molecule has 1 unspecified atom stereocenters. The number of ether oxygens (including phenoxy) is 1. The van der Waals surface area contributed by atoms with E-state index in [0.717, 1.165) is 0 Å². The monoisotopic (exact) mass is 300 g/mol. The fraction of sp³-hybridized carbons (Fsp3) is 0.385. The highest BCUT2D eigenvalue weighted by Gasteiger charge is 2.24. The lowest BCUT2D eigenvalue weighted by molar-refractivity contribution is -0.142. The van der Waals surface area contributed by atoms with E-state index in [1.54, 1.807) is 18.2 Å². The molecular weight excluding hydrogens is 284 g/mol. The molecule has 0 heterocycles. The van der Waals surface area contributed by atoms with Crippen LogP contribution in [-0.4, -0.2) is 24.1 Å². The number of hydrogen-bond acceptors (Lipinski definition) is 4. The first-order chi connectivity index (χ1) is 8.88. The molecule has 0 aliphatic rings. The van der Waals surface area contributed by atoms with Crippen LogP contribution in [0.15, 0.2) is 18.2 Å². The van der Waals surface area contributed by atoms with Crippen LogP contribution in [0.2, 0.25) is 5.02 Å². The van der Waals surface area contributed by atoms with Gasteiger partial charge in [0.05, 0.1) is 17.7 Å². The van der Waals surface area contributed by atoms with Crippen LogP contribution in [0.1, 0.15) is 19.4 Å². The maximum Gasteiger partial charge on any atom is 0.328 e. The van der Waals surface area contributed by atoms with Gasteiger partial charge in [-0.05, 0) is 18.1 Å². The quantitative estimate of drug-likeness (QED) is 0.646. The molecule has 0 fully saturated rings. The van der Waals surface area contributed by atoms with E-state index in [4.69, 9.17) is 34.3 Å². The molecule has 0 amide bonds. The summed E-state index contributed by atoms with van der Waals surface area (Å²) in [6.07, 6.45) is 0. The number of halogens is 1. The normalized spacial score (nSPS) is 12.1. The van der Waals surface area contributed by atoms with Gasteiger partial charge in [-0.2, -0.15) is 0 Å². The van der Waals surface area contributed by atoms with Gasteiger partial charge >= 0.3 is 5.97 Å². The third kappa shape index (κ3) is 3.81. The van der Waals surface area contributed by atoms with Crippen molar-refractivity contribution in [2.24, 2.45) is 11.7 Å². The van der Waals surface area contributed by atoms with Crippen LogP contribution in [0.4, 0.5) is 5.69 Å². The van der Waals surface area contributed by atoms with E-state index in [1.807, 2.05) is 13.8 Å². The topological polar surface area (TPSA) is 64.3 Å². The maximum absolute atomic E-state index is 11.7. The molecule has 4 nitrogen and oxygen atoms in total. The van der Waals surface area contributed by atoms with Crippen LogP contribution >= 0.6 is 23.8 Å². The minimum Gasteiger partial charge on any atom is -0.467 e. The van der Waals surface area contributed by atoms with Gasteiger partial charge in [0.1, 0.15) is 11.0 Å². The van der Waals surface area contributed by atoms with Crippen molar-refractivity contribution in [2.45, 2.75) is 19.9 Å². The summed E-state index contributed by atoms with van der Waals surface area (Å²) in [5, 5.41) is 3.54. The van der Waals surface area contributed by atoms with Crippen molar-refractivity contribution in [1.82, 2.24) is 0 Å². The van der Waals surface area contributed by atoms with Crippen LogP contribution < -0.4 is 11.1 Å². The van der Waals surface area contributed by atoms with Gasteiger partial charge in [-0.15, -0.1) is 0 Å². The summed E-state index contributed by atoms with van der Waals surface area (Å²) in [5.74, 6) is -0.297. The molecule has 0 saturated carbocycles. The van der Waals surface area contributed by atoms with Gasteiger partial charge in [0, 0.05) is 5.69 Å². The summed E-state index contributed by atoms with van der Waals surface area (Å²) in [7, 11) is 1.35. The van der Waals surface area contributed by atoms with E-state index >= 15 is 0 Å². The molecule has 1 aromatic carbocycles. The molecule has 0 spiro atoms. The number of carbonyl (C=O) groups is 1. The molecule has 0 saturated heterocycles. The summed E-state index contributed by atoms with van der Waals surface area (Å²) in [4.78, 5) is 11.9. The lowest BCUT2D eigenvalue weighted by Gasteiger charge is -2.22. The van der Waals surface area contributed by atoms with E-state index in [0.29, 0.717) is 16.3 Å². The molecule has 0 bridgehead atoms. The Hall–Kier alpha value is -1.33. The molecule has 1 aromatic rings. The van der Waals surface area contributed by atoms with Crippen molar-refractivity contribution < 1.29 is 9.53 Å². The molecular formula is C13H17ClN2O2S. The lowest BCUT2D eigenvalue weighted by Crippen LogP contribution is -2.36. The average molecular weight is 301 g/mol. The zero-order chi connectivity index (χ0) is 14.6. The molecule has 0 radical (unpaired) electrons. The molecule has 0 aromatic heterocycles. The van der Waals surface area contributed by atoms with E-state index in [2.05, 4.69) is 5.32 Å². The third-order valence-corrected chi connectivity index (χ3v) is 3.21. The highest BCUT2D eigenvalue weighted by Crippen LogP contribution is 2.26. The van der Waals surface area contributed by atoms with Gasteiger partial charge in [-0.1, -0.05) is 43.7 Å². The van der Waals surface area contributed by atoms with Crippen LogP contribution in [0.25, 0.3) is 0 Å². The van der Waals surface area contributed by atoms with Crippen molar-refractivity contribution in [3.63, 3.8) is 0 Å². The van der Waals surface area contributed by atoms with E-state index in [9.17, 15) is 4.79 Å². The van der Waals surface area contributed by atoms with Crippen molar-refractivity contribution in [3.05, 3.63) is 28.8 Å². The predicted octanol–water partition coefficient (Wildman–Crippen LogP) is 2.58. The van der Waals surface area contributed by atoms with Gasteiger partial charge in [0.25, 0.3) is 0 Å². The number of esters is 1. The molecule has 1 atom stereocenters. The summed E-state index contributed by atoms with van der Waals surface area (Å²) in [6.45, 7) is 3.83. The molecule has 0 aliphatic carbocycles. The number of nitrogens with two attached hydrogens (primary N) is 1. The van der Waals surface area contributed by atoms with Crippen molar-refractivity contribution >= 4 is 40.5 Å². The predicted molar refractivity (Wildman–Crippen MR) is 81.6 cm³/mol. The average Bonchev–Trinajstić information content (AvgIpc) is 2.34. The third-order valence-electron chi connectivity index (χ3n) is 2.69. The number of nitrogens with one attached hydrogen (secondary N) is 1. The molecule has 104 valence electrons. The van der Waals surface area contributed by atoms with E-state index in [1.165, 1.54) is 7.11 Å². The fourth-order valence-electron chi connectivity index (χ4n) is 1.69. The second kappa shape index (κ2) is 6.73. The number of carbonyl (C=O) groups excluding carboxylic acids is 1. The molecule has 1 rings (SSSR count). The number of thiocarbonyl (C=S) groups is 1. The number of anilines is 1. The van der Waals surface area contributed by atoms with Crippen LogP contribution in [0, 0.1) is 5.92 Å². The highest BCUT2D eigenvalue weighted by molar-refractivity contribution is 7.80. The van der Waals surface area contributed by atoms with Crippen LogP contribution in [0.3, 0.4) is 0 Å². The van der Waals surface area contributed by atoms with Crippen molar-refractivity contribution in [3.8, 4) is 0 Å². The molecule has 0 aliphatic heterocycles. The second-order valence-electron chi connectivity index (χ2n) is 4.42. The van der Waals surface area contributed by atoms with Gasteiger partial charge in [-0.25, -0.2) is 4.79 Å². The first-order valence-corrected chi connectivity index (χ1v) is 6.59. The number of methoxy groups -OCH3 is 1. The van der Waals surface area contributed by atoms with Gasteiger partial charge in [-0.3, -0.25) is 0 Å². The lowest BCUT2D eigenvalue weighted by atomic mass is 10.0. The number of rotatable bonds is 5. The zero-order valence-electron chi connectivity index (χ0n) is 11.1. The fourth-order valence-corrected chi connectivity index (χ4v) is 2.24. The molecule has 6 heteroatoms. The Morgan fingerprint density at radius 1 is 1.47 bits per heavy atom. The SMILES string of the molecule is COC(=O)C(Nc1cccc(Cl)c1C(N)=S)C(C)C. The zero-order valence-corrected chi connectivity index (χ0v) is 12.6. The molecule has 3 N–H and O–H groups in total. The summed E-state index contributed by atoms with van der Waals surface area (Å²) >= 11 is 11.1.